The summed E-state index contributed by atoms with van der Waals surface area (Å²) in [5.74, 6) is 0. The predicted molar refractivity (Wildman–Crippen MR) is 77.0 cm³/mol. The molecule has 1 N–H and O–H groups in total. The Kier molecular flexibility index (Phi) is 3.49. The van der Waals surface area contributed by atoms with Crippen LogP contribution in [0.15, 0.2) is 42.5 Å². The van der Waals surface area contributed by atoms with Crippen LogP contribution < -0.4 is 5.32 Å². The second kappa shape index (κ2) is 5.19. The summed E-state index contributed by atoms with van der Waals surface area (Å²) in [5, 5.41) is 3.23. The van der Waals surface area contributed by atoms with E-state index in [1.165, 1.54) is 17.7 Å². The molecule has 0 aliphatic heterocycles. The van der Waals surface area contributed by atoms with Crippen molar-refractivity contribution in [3.8, 4) is 11.1 Å². The van der Waals surface area contributed by atoms with Crippen molar-refractivity contribution in [1.82, 2.24) is 5.32 Å². The first-order chi connectivity index (χ1) is 10.0. The maximum atomic E-state index is 13.1. The van der Waals surface area contributed by atoms with Crippen LogP contribution in [0.5, 0.6) is 0 Å². The third kappa shape index (κ3) is 2.56. The number of aryl methyl sites for hydroxylation is 1. The van der Waals surface area contributed by atoms with E-state index in [0.717, 1.165) is 24.5 Å². The van der Waals surface area contributed by atoms with Gasteiger partial charge >= 0.3 is 6.18 Å². The van der Waals surface area contributed by atoms with Gasteiger partial charge in [-0.25, -0.2) is 0 Å². The second-order valence-electron chi connectivity index (χ2n) is 5.34. The first-order valence-electron chi connectivity index (χ1n) is 6.97. The van der Waals surface area contributed by atoms with Crippen molar-refractivity contribution >= 4 is 0 Å². The van der Waals surface area contributed by atoms with Crippen LogP contribution in [0.3, 0.4) is 0 Å². The maximum absolute atomic E-state index is 13.1. The molecule has 110 valence electrons. The molecule has 1 atom stereocenters. The molecule has 3 rings (SSSR count). The van der Waals surface area contributed by atoms with Crippen molar-refractivity contribution in [2.75, 3.05) is 7.05 Å². The Bertz CT molecular complexity index is 661. The minimum Gasteiger partial charge on any atom is -0.313 e. The van der Waals surface area contributed by atoms with Gasteiger partial charge in [-0.2, -0.15) is 13.2 Å². The summed E-state index contributed by atoms with van der Waals surface area (Å²) in [5.41, 5.74) is 2.65. The summed E-state index contributed by atoms with van der Waals surface area (Å²) in [6, 6.07) is 11.7. The van der Waals surface area contributed by atoms with Crippen LogP contribution in [0.2, 0.25) is 0 Å². The lowest BCUT2D eigenvalue weighted by atomic mass is 9.96. The third-order valence-electron chi connectivity index (χ3n) is 4.11. The maximum Gasteiger partial charge on any atom is 0.417 e. The number of fused-ring (bicyclic) bond motifs is 1. The van der Waals surface area contributed by atoms with Gasteiger partial charge in [-0.3, -0.25) is 0 Å². The molecule has 0 amide bonds. The molecule has 1 unspecified atom stereocenters. The van der Waals surface area contributed by atoms with E-state index in [0.29, 0.717) is 11.6 Å². The minimum atomic E-state index is -4.33. The first kappa shape index (κ1) is 14.1. The summed E-state index contributed by atoms with van der Waals surface area (Å²) >= 11 is 0. The molecule has 2 aromatic rings. The molecule has 1 nitrogen and oxygen atoms in total. The minimum absolute atomic E-state index is 0.251. The Morgan fingerprint density at radius 1 is 1.10 bits per heavy atom. The van der Waals surface area contributed by atoms with Crippen LogP contribution >= 0.6 is 0 Å². The summed E-state index contributed by atoms with van der Waals surface area (Å²) in [7, 11) is 1.91. The predicted octanol–water partition coefficient (Wildman–Crippen LogP) is 4.58. The van der Waals surface area contributed by atoms with Crippen LogP contribution in [0.25, 0.3) is 11.1 Å². The SMILES string of the molecule is CNC1CCc2cc(-c3ccccc3C(F)(F)F)ccc21. The Morgan fingerprint density at radius 3 is 2.57 bits per heavy atom. The number of rotatable bonds is 2. The van der Waals surface area contributed by atoms with E-state index in [4.69, 9.17) is 0 Å². The molecule has 0 bridgehead atoms. The van der Waals surface area contributed by atoms with E-state index in [1.807, 2.05) is 19.2 Å². The highest BCUT2D eigenvalue weighted by molar-refractivity contribution is 5.69. The van der Waals surface area contributed by atoms with Gasteiger partial charge < -0.3 is 5.32 Å². The number of halogens is 3. The number of alkyl halides is 3. The fraction of sp³-hybridized carbons (Fsp3) is 0.294. The van der Waals surface area contributed by atoms with E-state index in [1.54, 1.807) is 12.1 Å². The van der Waals surface area contributed by atoms with Crippen molar-refractivity contribution in [3.05, 3.63) is 59.2 Å². The normalized spacial score (nSPS) is 17.8. The van der Waals surface area contributed by atoms with Gasteiger partial charge in [0.2, 0.25) is 0 Å². The van der Waals surface area contributed by atoms with Crippen molar-refractivity contribution in [3.63, 3.8) is 0 Å². The lowest BCUT2D eigenvalue weighted by Crippen LogP contribution is -2.12. The van der Waals surface area contributed by atoms with E-state index in [9.17, 15) is 13.2 Å². The largest absolute Gasteiger partial charge is 0.417 e. The quantitative estimate of drug-likeness (QED) is 0.854. The van der Waals surface area contributed by atoms with Gasteiger partial charge in [-0.1, -0.05) is 36.4 Å². The highest BCUT2D eigenvalue weighted by Crippen LogP contribution is 2.39. The number of hydrogen-bond donors (Lipinski definition) is 1. The van der Waals surface area contributed by atoms with Gasteiger partial charge in [0, 0.05) is 6.04 Å². The van der Waals surface area contributed by atoms with Crippen molar-refractivity contribution in [1.29, 1.82) is 0 Å². The second-order valence-corrected chi connectivity index (χ2v) is 5.34. The lowest BCUT2D eigenvalue weighted by molar-refractivity contribution is -0.137. The molecule has 4 heteroatoms. The van der Waals surface area contributed by atoms with Crippen LogP contribution in [-0.2, 0) is 12.6 Å². The van der Waals surface area contributed by atoms with E-state index in [-0.39, 0.29) is 5.56 Å². The Labute approximate surface area is 121 Å². The van der Waals surface area contributed by atoms with Crippen LogP contribution in [0.1, 0.15) is 29.2 Å². The molecule has 1 aliphatic rings. The number of nitrogens with one attached hydrogen (secondary N) is 1. The molecule has 0 fully saturated rings. The molecule has 2 aromatic carbocycles. The van der Waals surface area contributed by atoms with E-state index < -0.39 is 11.7 Å². The molecule has 0 radical (unpaired) electrons. The molecular weight excluding hydrogens is 275 g/mol. The molecule has 0 spiro atoms. The molecule has 0 heterocycles. The van der Waals surface area contributed by atoms with E-state index >= 15 is 0 Å². The van der Waals surface area contributed by atoms with Crippen LogP contribution in [0.4, 0.5) is 13.2 Å². The van der Waals surface area contributed by atoms with Gasteiger partial charge in [0.15, 0.2) is 0 Å². The highest BCUT2D eigenvalue weighted by Gasteiger charge is 2.33. The summed E-state index contributed by atoms with van der Waals surface area (Å²) in [4.78, 5) is 0. The number of hydrogen-bond acceptors (Lipinski definition) is 1. The van der Waals surface area contributed by atoms with Gasteiger partial charge in [-0.15, -0.1) is 0 Å². The van der Waals surface area contributed by atoms with Gasteiger partial charge in [0.25, 0.3) is 0 Å². The smallest absolute Gasteiger partial charge is 0.313 e. The molecule has 0 aromatic heterocycles. The zero-order chi connectivity index (χ0) is 15.0. The monoisotopic (exact) mass is 291 g/mol. The molecular formula is C17H16F3N. The number of benzene rings is 2. The average molecular weight is 291 g/mol. The fourth-order valence-electron chi connectivity index (χ4n) is 3.07. The van der Waals surface area contributed by atoms with Gasteiger partial charge in [0.05, 0.1) is 5.56 Å². The van der Waals surface area contributed by atoms with Gasteiger partial charge in [-0.05, 0) is 48.2 Å². The van der Waals surface area contributed by atoms with Crippen molar-refractivity contribution in [2.24, 2.45) is 0 Å². The molecule has 0 saturated carbocycles. The lowest BCUT2D eigenvalue weighted by Gasteiger charge is -2.14. The topological polar surface area (TPSA) is 12.0 Å². The van der Waals surface area contributed by atoms with Crippen molar-refractivity contribution < 1.29 is 13.2 Å². The van der Waals surface area contributed by atoms with Gasteiger partial charge in [0.1, 0.15) is 0 Å². The zero-order valence-electron chi connectivity index (χ0n) is 11.7. The Balaban J connectivity index is 2.07. The zero-order valence-corrected chi connectivity index (χ0v) is 11.7. The van der Waals surface area contributed by atoms with Crippen LogP contribution in [-0.4, -0.2) is 7.05 Å². The summed E-state index contributed by atoms with van der Waals surface area (Å²) < 4.78 is 39.3. The molecule has 21 heavy (non-hydrogen) atoms. The summed E-state index contributed by atoms with van der Waals surface area (Å²) in [6.45, 7) is 0. The van der Waals surface area contributed by atoms with Crippen LogP contribution in [0, 0.1) is 0 Å². The third-order valence-corrected chi connectivity index (χ3v) is 4.11. The Hall–Kier alpha value is -1.81. The summed E-state index contributed by atoms with van der Waals surface area (Å²) in [6.07, 6.45) is -2.43. The average Bonchev–Trinajstić information content (AvgIpc) is 2.88. The fourth-order valence-corrected chi connectivity index (χ4v) is 3.07. The standard InChI is InChI=1S/C17H16F3N/c1-21-16-9-7-12-10-11(6-8-14(12)16)13-4-2-3-5-15(13)17(18,19)20/h2-6,8,10,16,21H,7,9H2,1H3. The molecule has 1 aliphatic carbocycles. The Morgan fingerprint density at radius 2 is 1.86 bits per heavy atom. The van der Waals surface area contributed by atoms with Crippen molar-refractivity contribution in [2.45, 2.75) is 25.1 Å². The first-order valence-corrected chi connectivity index (χ1v) is 6.97. The molecule has 0 saturated heterocycles. The van der Waals surface area contributed by atoms with E-state index in [2.05, 4.69) is 5.32 Å². The highest BCUT2D eigenvalue weighted by atomic mass is 19.4.